The minimum absolute atomic E-state index is 0.00869. The van der Waals surface area contributed by atoms with Crippen molar-refractivity contribution in [3.8, 4) is 11.4 Å². The highest BCUT2D eigenvalue weighted by molar-refractivity contribution is 5.93. The maximum atomic E-state index is 15.3. The van der Waals surface area contributed by atoms with Crippen molar-refractivity contribution >= 4 is 34.6 Å². The van der Waals surface area contributed by atoms with E-state index in [4.69, 9.17) is 20.2 Å². The van der Waals surface area contributed by atoms with E-state index in [2.05, 4.69) is 26.6 Å². The third kappa shape index (κ3) is 8.39. The summed E-state index contributed by atoms with van der Waals surface area (Å²) in [6.45, 7) is 3.09. The number of pyridine rings is 2. The normalized spacial score (nSPS) is 18.5. The topological polar surface area (TPSA) is 248 Å². The number of esters is 1. The third-order valence-electron chi connectivity index (χ3n) is 11.5. The number of nitrogens with one attached hydrogen (secondary N) is 5. The Morgan fingerprint density at radius 3 is 2.65 bits per heavy atom. The summed E-state index contributed by atoms with van der Waals surface area (Å²) in [6.07, 6.45) is 0.227. The number of nitrogens with zero attached hydrogens (tertiary/aromatic N) is 2. The molecule has 0 saturated carbocycles. The van der Waals surface area contributed by atoms with Crippen LogP contribution in [0.5, 0.6) is 0 Å². The van der Waals surface area contributed by atoms with Gasteiger partial charge in [-0.25, -0.2) is 14.2 Å². The largest absolute Gasteiger partial charge is 0.458 e. The molecule has 18 heteroatoms. The van der Waals surface area contributed by atoms with Crippen molar-refractivity contribution in [2.75, 3.05) is 39.5 Å². The summed E-state index contributed by atoms with van der Waals surface area (Å²) in [5.41, 5.74) is 8.62. The summed E-state index contributed by atoms with van der Waals surface area (Å²) in [4.78, 5) is 68.5. The van der Waals surface area contributed by atoms with Crippen LogP contribution in [0.2, 0.25) is 0 Å². The molecule has 3 aliphatic rings. The zero-order valence-electron chi connectivity index (χ0n) is 33.4. The standard InChI is InChI=1S/C42H49FN8O9/c1-3-42(58)27-14-32-38-25(19-51(32)40(56)26(27)20-60-41(42)57)37-29(10-9-24-22(2)28(43)15-30(50-38)36(24)37)45-11-12-59-21-48-34(53)17-47-39(55)31(13-23-7-5-4-6-8-23)49-35(54)18-46-33(52)16-44/h4-8,14-15,29,31,34,45,48,53,58H,3,9-13,16-21,44H2,1-2H3,(H,46,52)(H,47,55)(H,49,54)/t29-,31-,34?,42-/m0/s1. The first-order valence-corrected chi connectivity index (χ1v) is 20.0. The Morgan fingerprint density at radius 2 is 1.90 bits per heavy atom. The number of aryl methyl sites for hydroxylation is 1. The van der Waals surface area contributed by atoms with E-state index in [-0.39, 0.29) is 87.5 Å². The number of hydrogen-bond donors (Lipinski definition) is 8. The molecule has 1 unspecified atom stereocenters. The van der Waals surface area contributed by atoms with Crippen LogP contribution >= 0.6 is 0 Å². The van der Waals surface area contributed by atoms with E-state index in [0.717, 1.165) is 27.6 Å². The van der Waals surface area contributed by atoms with E-state index in [1.807, 2.05) is 30.3 Å². The van der Waals surface area contributed by atoms with Gasteiger partial charge in [0.15, 0.2) is 5.60 Å². The fourth-order valence-electron chi connectivity index (χ4n) is 8.24. The number of fused-ring (bicyclic) bond motifs is 5. The second-order valence-corrected chi connectivity index (χ2v) is 15.2. The second kappa shape index (κ2) is 17.9. The van der Waals surface area contributed by atoms with Crippen LogP contribution in [0.15, 0.2) is 47.3 Å². The van der Waals surface area contributed by atoms with E-state index in [1.54, 1.807) is 24.5 Å². The molecule has 2 aromatic heterocycles. The fraction of sp³-hybridized carbons (Fsp3) is 0.429. The molecule has 9 N–H and O–H groups in total. The number of aliphatic hydroxyl groups is 2. The quantitative estimate of drug-likeness (QED) is 0.0347. The Labute approximate surface area is 344 Å². The Hall–Kier alpha value is -5.63. The van der Waals surface area contributed by atoms with Crippen molar-refractivity contribution in [1.82, 2.24) is 36.1 Å². The van der Waals surface area contributed by atoms with Crippen LogP contribution in [0, 0.1) is 12.7 Å². The van der Waals surface area contributed by atoms with Crippen LogP contribution in [0.3, 0.4) is 0 Å². The van der Waals surface area contributed by atoms with Crippen molar-refractivity contribution < 1.29 is 43.3 Å². The van der Waals surface area contributed by atoms with Gasteiger partial charge in [-0.3, -0.25) is 24.5 Å². The van der Waals surface area contributed by atoms with Crippen molar-refractivity contribution in [2.24, 2.45) is 5.73 Å². The van der Waals surface area contributed by atoms with Crippen LogP contribution < -0.4 is 37.9 Å². The molecule has 0 fully saturated rings. The summed E-state index contributed by atoms with van der Waals surface area (Å²) in [5, 5.41) is 36.7. The highest BCUT2D eigenvalue weighted by atomic mass is 19.1. The number of ether oxygens (including phenoxy) is 2. The van der Waals surface area contributed by atoms with Gasteiger partial charge in [-0.05, 0) is 54.5 Å². The Morgan fingerprint density at radius 1 is 1.12 bits per heavy atom. The van der Waals surface area contributed by atoms with Crippen LogP contribution in [0.25, 0.3) is 22.3 Å². The minimum atomic E-state index is -1.98. The zero-order chi connectivity index (χ0) is 42.7. The van der Waals surface area contributed by atoms with Gasteiger partial charge in [-0.2, -0.15) is 0 Å². The van der Waals surface area contributed by atoms with Gasteiger partial charge in [0.1, 0.15) is 24.7 Å². The van der Waals surface area contributed by atoms with Crippen LogP contribution in [0.4, 0.5) is 4.39 Å². The molecule has 318 valence electrons. The van der Waals surface area contributed by atoms with Gasteiger partial charge in [0.2, 0.25) is 17.7 Å². The molecule has 0 radical (unpaired) electrons. The molecule has 1 aliphatic carbocycles. The number of hydrogen-bond acceptors (Lipinski definition) is 13. The van der Waals surface area contributed by atoms with Gasteiger partial charge in [0.05, 0.1) is 62.0 Å². The minimum Gasteiger partial charge on any atom is -0.458 e. The van der Waals surface area contributed by atoms with Gasteiger partial charge in [0, 0.05) is 41.6 Å². The lowest BCUT2D eigenvalue weighted by atomic mass is 9.81. The first-order chi connectivity index (χ1) is 28.8. The van der Waals surface area contributed by atoms with E-state index < -0.39 is 41.6 Å². The second-order valence-electron chi connectivity index (χ2n) is 15.2. The lowest BCUT2D eigenvalue weighted by Gasteiger charge is -2.31. The van der Waals surface area contributed by atoms with Gasteiger partial charge < -0.3 is 51.3 Å². The zero-order valence-corrected chi connectivity index (χ0v) is 33.4. The fourth-order valence-corrected chi connectivity index (χ4v) is 8.24. The molecule has 4 heterocycles. The molecule has 4 atom stereocenters. The molecule has 0 saturated heterocycles. The number of cyclic esters (lactones) is 1. The number of halogens is 1. The van der Waals surface area contributed by atoms with Crippen LogP contribution in [-0.2, 0) is 60.2 Å². The Bertz CT molecular complexity index is 2390. The van der Waals surface area contributed by atoms with Gasteiger partial charge in [-0.15, -0.1) is 0 Å². The lowest BCUT2D eigenvalue weighted by molar-refractivity contribution is -0.172. The summed E-state index contributed by atoms with van der Waals surface area (Å²) in [5.74, 6) is -2.82. The Balaban J connectivity index is 0.977. The van der Waals surface area contributed by atoms with Gasteiger partial charge in [-0.1, -0.05) is 37.3 Å². The number of amides is 3. The molecule has 0 spiro atoms. The number of benzene rings is 2. The van der Waals surface area contributed by atoms with Crippen molar-refractivity contribution in [1.29, 1.82) is 0 Å². The molecule has 0 bridgehead atoms. The van der Waals surface area contributed by atoms with Crippen LogP contribution in [-0.4, -0.2) is 95.2 Å². The van der Waals surface area contributed by atoms with Crippen molar-refractivity contribution in [3.63, 3.8) is 0 Å². The number of aliphatic hydroxyl groups excluding tert-OH is 1. The summed E-state index contributed by atoms with van der Waals surface area (Å²) < 4.78 is 27.8. The highest BCUT2D eigenvalue weighted by Crippen LogP contribution is 2.45. The first-order valence-electron chi connectivity index (χ1n) is 20.0. The molecule has 2 aromatic carbocycles. The predicted octanol–water partition coefficient (Wildman–Crippen LogP) is -0.0953. The van der Waals surface area contributed by atoms with Crippen molar-refractivity contribution in [3.05, 3.63) is 97.6 Å². The molecular formula is C42H49FN8O9. The van der Waals surface area contributed by atoms with Gasteiger partial charge >= 0.3 is 5.97 Å². The average molecular weight is 829 g/mol. The molecule has 3 amide bonds. The number of aromatic nitrogens is 2. The highest BCUT2D eigenvalue weighted by Gasteiger charge is 2.46. The first kappa shape index (κ1) is 42.5. The molecule has 2 aliphatic heterocycles. The number of carbonyl (C=O) groups is 4. The number of carbonyl (C=O) groups excluding carboxylic acids is 4. The van der Waals surface area contributed by atoms with E-state index in [1.165, 1.54) is 6.07 Å². The monoisotopic (exact) mass is 828 g/mol. The summed E-state index contributed by atoms with van der Waals surface area (Å²) in [6, 6.07) is 10.9. The maximum Gasteiger partial charge on any atom is 0.343 e. The summed E-state index contributed by atoms with van der Waals surface area (Å²) in [7, 11) is 0. The van der Waals surface area contributed by atoms with Crippen molar-refractivity contribution in [2.45, 2.75) is 76.6 Å². The summed E-state index contributed by atoms with van der Waals surface area (Å²) >= 11 is 0. The van der Waals surface area contributed by atoms with E-state index in [9.17, 15) is 34.2 Å². The molecular weight excluding hydrogens is 780 g/mol. The SMILES string of the molecule is CC[C@@]1(O)C(=O)OCc2c1cc1n(c2=O)Cc2c-1nc1cc(F)c(C)c3c1c2[C@@H](NCCOCNC(O)CNC(=O)[C@H](Cc1ccccc1)NC(=O)CNC(=O)CN)CC3. The molecule has 7 rings (SSSR count). The Kier molecular flexibility index (Phi) is 12.7. The lowest BCUT2D eigenvalue weighted by Crippen LogP contribution is -2.53. The van der Waals surface area contributed by atoms with E-state index in [0.29, 0.717) is 41.9 Å². The molecule has 4 aromatic rings. The van der Waals surface area contributed by atoms with E-state index >= 15 is 4.39 Å². The third-order valence-corrected chi connectivity index (χ3v) is 11.5. The molecule has 60 heavy (non-hydrogen) atoms. The predicted molar refractivity (Wildman–Crippen MR) is 215 cm³/mol. The van der Waals surface area contributed by atoms with Gasteiger partial charge in [0.25, 0.3) is 5.56 Å². The smallest absolute Gasteiger partial charge is 0.343 e. The maximum absolute atomic E-state index is 15.3. The molecule has 17 nitrogen and oxygen atoms in total. The number of nitrogens with two attached hydrogens (primary N) is 1. The number of rotatable bonds is 17. The van der Waals surface area contributed by atoms with Crippen LogP contribution in [0.1, 0.15) is 64.8 Å². The average Bonchev–Trinajstić information content (AvgIpc) is 3.62.